The van der Waals surface area contributed by atoms with Gasteiger partial charge in [-0.2, -0.15) is 0 Å². The van der Waals surface area contributed by atoms with Gasteiger partial charge in [0.25, 0.3) is 0 Å². The van der Waals surface area contributed by atoms with Gasteiger partial charge in [-0.15, -0.1) is 0 Å². The van der Waals surface area contributed by atoms with Crippen LogP contribution < -0.4 is 11.2 Å². The first-order valence-corrected chi connectivity index (χ1v) is 4.10. The van der Waals surface area contributed by atoms with E-state index in [-0.39, 0.29) is 10.9 Å². The van der Waals surface area contributed by atoms with E-state index in [4.69, 9.17) is 10.8 Å². The fraction of sp³-hybridized carbons (Fsp3) is 0. The van der Waals surface area contributed by atoms with E-state index in [0.29, 0.717) is 11.3 Å². The maximum atomic E-state index is 11.6. The number of hydrogen-bond donors (Lipinski definition) is 3. The average Bonchev–Trinajstić information content (AvgIpc) is 2.19. The minimum atomic E-state index is -1.28. The number of carboxylic acids is 1. The van der Waals surface area contributed by atoms with Crippen LogP contribution in [-0.2, 0) is 0 Å². The minimum Gasteiger partial charge on any atom is -0.477 e. The van der Waals surface area contributed by atoms with Crippen LogP contribution >= 0.6 is 0 Å². The molecule has 2 aromatic rings. The Kier molecular flexibility index (Phi) is 1.89. The largest absolute Gasteiger partial charge is 0.477 e. The van der Waals surface area contributed by atoms with Gasteiger partial charge in [-0.25, -0.2) is 9.78 Å². The summed E-state index contributed by atoms with van der Waals surface area (Å²) in [6, 6.07) is 1.40. The highest BCUT2D eigenvalue weighted by Gasteiger charge is 2.11. The van der Waals surface area contributed by atoms with Gasteiger partial charge in [-0.05, 0) is 6.07 Å². The normalized spacial score (nSPS) is 10.4. The lowest BCUT2D eigenvalue weighted by molar-refractivity contribution is 0.0695. The summed E-state index contributed by atoms with van der Waals surface area (Å²) in [7, 11) is 0. The summed E-state index contributed by atoms with van der Waals surface area (Å²) in [5, 5.41) is 8.90. The number of fused-ring (bicyclic) bond motifs is 1. The predicted molar refractivity (Wildman–Crippen MR) is 53.7 cm³/mol. The molecule has 0 aliphatic rings. The molecule has 76 valence electrons. The Labute approximate surface area is 83.4 Å². The molecule has 0 aliphatic heterocycles. The van der Waals surface area contributed by atoms with Crippen molar-refractivity contribution < 1.29 is 9.90 Å². The van der Waals surface area contributed by atoms with Crippen molar-refractivity contribution in [2.24, 2.45) is 0 Å². The van der Waals surface area contributed by atoms with Gasteiger partial charge in [0.15, 0.2) is 0 Å². The molecule has 0 saturated carbocycles. The van der Waals surface area contributed by atoms with Crippen LogP contribution in [-0.4, -0.2) is 21.0 Å². The second kappa shape index (κ2) is 3.09. The molecular formula is C9H7N3O3. The molecule has 0 aromatic carbocycles. The lowest BCUT2D eigenvalue weighted by atomic mass is 10.2. The van der Waals surface area contributed by atoms with Crippen molar-refractivity contribution >= 4 is 22.7 Å². The SMILES string of the molecule is Nc1cnc2[nH]cc(C(=O)O)c(=O)c2c1. The fourth-order valence-electron chi connectivity index (χ4n) is 1.28. The topological polar surface area (TPSA) is 109 Å². The van der Waals surface area contributed by atoms with Crippen LogP contribution in [0.15, 0.2) is 23.3 Å². The lowest BCUT2D eigenvalue weighted by Gasteiger charge is -1.99. The van der Waals surface area contributed by atoms with E-state index in [9.17, 15) is 9.59 Å². The second-order valence-electron chi connectivity index (χ2n) is 3.00. The zero-order valence-corrected chi connectivity index (χ0v) is 7.52. The van der Waals surface area contributed by atoms with Crippen LogP contribution in [0, 0.1) is 0 Å². The summed E-state index contributed by atoms with van der Waals surface area (Å²) in [4.78, 5) is 28.8. The van der Waals surface area contributed by atoms with E-state index in [1.165, 1.54) is 12.3 Å². The number of nitrogens with two attached hydrogens (primary N) is 1. The summed E-state index contributed by atoms with van der Waals surface area (Å²) in [5.41, 5.74) is 5.18. The lowest BCUT2D eigenvalue weighted by Crippen LogP contribution is -2.15. The fourth-order valence-corrected chi connectivity index (χ4v) is 1.28. The number of aromatic amines is 1. The Hall–Kier alpha value is -2.37. The summed E-state index contributed by atoms with van der Waals surface area (Å²) in [6.45, 7) is 0. The molecule has 2 heterocycles. The average molecular weight is 205 g/mol. The molecule has 0 amide bonds. The standard InChI is InChI=1S/C9H7N3O3/c10-4-1-5-7(13)6(9(14)15)3-12-8(5)11-2-4/h1-3H,10H2,(H,14,15)(H,11,12,13). The maximum Gasteiger partial charge on any atom is 0.341 e. The highest BCUT2D eigenvalue weighted by molar-refractivity contribution is 5.91. The Morgan fingerprint density at radius 1 is 1.53 bits per heavy atom. The molecule has 0 unspecified atom stereocenters. The van der Waals surface area contributed by atoms with Crippen molar-refractivity contribution in [1.29, 1.82) is 0 Å². The number of carbonyl (C=O) groups is 1. The molecule has 2 rings (SSSR count). The van der Waals surface area contributed by atoms with Crippen molar-refractivity contribution in [3.8, 4) is 0 Å². The molecule has 0 atom stereocenters. The summed E-state index contributed by atoms with van der Waals surface area (Å²) >= 11 is 0. The number of rotatable bonds is 1. The van der Waals surface area contributed by atoms with Crippen LogP contribution in [0.5, 0.6) is 0 Å². The van der Waals surface area contributed by atoms with E-state index < -0.39 is 11.4 Å². The van der Waals surface area contributed by atoms with Gasteiger partial charge < -0.3 is 15.8 Å². The molecule has 0 radical (unpaired) electrons. The third kappa shape index (κ3) is 1.41. The molecule has 0 bridgehead atoms. The minimum absolute atomic E-state index is 0.176. The van der Waals surface area contributed by atoms with Gasteiger partial charge in [0.1, 0.15) is 11.2 Å². The molecular weight excluding hydrogens is 198 g/mol. The number of nitrogens with zero attached hydrogens (tertiary/aromatic N) is 1. The first-order valence-electron chi connectivity index (χ1n) is 4.10. The van der Waals surface area contributed by atoms with Crippen LogP contribution in [0.25, 0.3) is 11.0 Å². The van der Waals surface area contributed by atoms with Crippen LogP contribution in [0.1, 0.15) is 10.4 Å². The van der Waals surface area contributed by atoms with E-state index in [0.717, 1.165) is 6.20 Å². The zero-order chi connectivity index (χ0) is 11.0. The number of anilines is 1. The third-order valence-electron chi connectivity index (χ3n) is 1.98. The number of pyridine rings is 2. The van der Waals surface area contributed by atoms with Gasteiger partial charge >= 0.3 is 5.97 Å². The van der Waals surface area contributed by atoms with E-state index >= 15 is 0 Å². The van der Waals surface area contributed by atoms with Gasteiger partial charge in [0.05, 0.1) is 17.3 Å². The Morgan fingerprint density at radius 3 is 2.93 bits per heavy atom. The van der Waals surface area contributed by atoms with Crippen molar-refractivity contribution in [2.45, 2.75) is 0 Å². The van der Waals surface area contributed by atoms with Crippen LogP contribution in [0.2, 0.25) is 0 Å². The molecule has 0 saturated heterocycles. The molecule has 2 aromatic heterocycles. The first kappa shape index (κ1) is 9.20. The van der Waals surface area contributed by atoms with Crippen LogP contribution in [0.4, 0.5) is 5.69 Å². The number of carboxylic acid groups (broad SMARTS) is 1. The number of nitrogen functional groups attached to an aromatic ring is 1. The van der Waals surface area contributed by atoms with Crippen molar-refractivity contribution in [1.82, 2.24) is 9.97 Å². The van der Waals surface area contributed by atoms with E-state index in [2.05, 4.69) is 9.97 Å². The molecule has 0 aliphatic carbocycles. The second-order valence-corrected chi connectivity index (χ2v) is 3.00. The highest BCUT2D eigenvalue weighted by atomic mass is 16.4. The maximum absolute atomic E-state index is 11.6. The number of nitrogens with one attached hydrogen (secondary N) is 1. The molecule has 4 N–H and O–H groups in total. The molecule has 6 nitrogen and oxygen atoms in total. The van der Waals surface area contributed by atoms with Crippen molar-refractivity contribution in [3.63, 3.8) is 0 Å². The number of hydrogen-bond acceptors (Lipinski definition) is 4. The molecule has 0 spiro atoms. The molecule has 6 heteroatoms. The van der Waals surface area contributed by atoms with Gasteiger partial charge in [-0.3, -0.25) is 4.79 Å². The Bertz CT molecular complexity index is 603. The summed E-state index contributed by atoms with van der Waals surface area (Å²) in [6.07, 6.45) is 2.51. The summed E-state index contributed by atoms with van der Waals surface area (Å²) in [5.74, 6) is -1.28. The first-order chi connectivity index (χ1) is 7.09. The Balaban J connectivity index is 2.89. The monoisotopic (exact) mass is 205 g/mol. The smallest absolute Gasteiger partial charge is 0.341 e. The predicted octanol–water partition coefficient (Wildman–Crippen LogP) is 0.204. The number of aromatic carboxylic acids is 1. The number of aromatic nitrogens is 2. The third-order valence-corrected chi connectivity index (χ3v) is 1.98. The van der Waals surface area contributed by atoms with Crippen LogP contribution in [0.3, 0.4) is 0 Å². The molecule has 15 heavy (non-hydrogen) atoms. The van der Waals surface area contributed by atoms with Gasteiger partial charge in [0.2, 0.25) is 5.43 Å². The van der Waals surface area contributed by atoms with Gasteiger partial charge in [0, 0.05) is 6.20 Å². The highest BCUT2D eigenvalue weighted by Crippen LogP contribution is 2.08. The van der Waals surface area contributed by atoms with E-state index in [1.807, 2.05) is 0 Å². The van der Waals surface area contributed by atoms with Gasteiger partial charge in [-0.1, -0.05) is 0 Å². The van der Waals surface area contributed by atoms with Crippen molar-refractivity contribution in [2.75, 3.05) is 5.73 Å². The van der Waals surface area contributed by atoms with Crippen molar-refractivity contribution in [3.05, 3.63) is 34.2 Å². The quantitative estimate of drug-likeness (QED) is 0.616. The van der Waals surface area contributed by atoms with E-state index in [1.54, 1.807) is 0 Å². The number of H-pyrrole nitrogens is 1. The summed E-state index contributed by atoms with van der Waals surface area (Å²) < 4.78 is 0. The molecule has 0 fully saturated rings. The zero-order valence-electron chi connectivity index (χ0n) is 7.52. The Morgan fingerprint density at radius 2 is 2.27 bits per heavy atom.